The molecular weight excluding hydrogens is 351 g/mol. The zero-order chi connectivity index (χ0) is 16.3. The molecule has 0 bridgehead atoms. The molecule has 1 aromatic carbocycles. The van der Waals surface area contributed by atoms with Crippen LogP contribution in [-0.4, -0.2) is 22.2 Å². The standard InChI is InChI=1S/C13H9Cl3N4O2/c14-8-10(17)9(15)12(16)19-11(8)13(22)20-18-5-6-1-3-7(21)4-2-6/h1-5,21H,(H2,17,19)(H,20,22)/b18-5+. The molecule has 0 unspecified atom stereocenters. The molecule has 0 aliphatic rings. The second-order valence-electron chi connectivity index (χ2n) is 4.08. The quantitative estimate of drug-likeness (QED) is 0.445. The Balaban J connectivity index is 2.15. The number of benzene rings is 1. The van der Waals surface area contributed by atoms with E-state index in [1.807, 2.05) is 0 Å². The van der Waals surface area contributed by atoms with Crippen LogP contribution >= 0.6 is 34.8 Å². The maximum atomic E-state index is 12.0. The van der Waals surface area contributed by atoms with Gasteiger partial charge in [-0.1, -0.05) is 34.8 Å². The molecule has 0 fully saturated rings. The van der Waals surface area contributed by atoms with Crippen LogP contribution in [0.15, 0.2) is 29.4 Å². The highest BCUT2D eigenvalue weighted by Crippen LogP contribution is 2.34. The lowest BCUT2D eigenvalue weighted by Gasteiger charge is -2.07. The van der Waals surface area contributed by atoms with Crippen molar-refractivity contribution in [2.45, 2.75) is 0 Å². The second kappa shape index (κ2) is 6.83. The van der Waals surface area contributed by atoms with Crippen LogP contribution in [-0.2, 0) is 0 Å². The summed E-state index contributed by atoms with van der Waals surface area (Å²) in [5, 5.41) is 12.6. The maximum Gasteiger partial charge on any atom is 0.291 e. The Morgan fingerprint density at radius 1 is 1.23 bits per heavy atom. The highest BCUT2D eigenvalue weighted by Gasteiger charge is 2.19. The Morgan fingerprint density at radius 3 is 2.50 bits per heavy atom. The molecule has 1 heterocycles. The number of pyridine rings is 1. The minimum atomic E-state index is -0.690. The van der Waals surface area contributed by atoms with Crippen molar-refractivity contribution in [2.75, 3.05) is 5.73 Å². The molecule has 2 aromatic rings. The Labute approximate surface area is 140 Å². The Morgan fingerprint density at radius 2 is 1.86 bits per heavy atom. The van der Waals surface area contributed by atoms with E-state index in [9.17, 15) is 4.79 Å². The summed E-state index contributed by atoms with van der Waals surface area (Å²) in [7, 11) is 0. The highest BCUT2D eigenvalue weighted by atomic mass is 35.5. The smallest absolute Gasteiger partial charge is 0.291 e. The van der Waals surface area contributed by atoms with E-state index in [0.29, 0.717) is 5.56 Å². The van der Waals surface area contributed by atoms with Gasteiger partial charge in [-0.15, -0.1) is 0 Å². The van der Waals surface area contributed by atoms with Crippen molar-refractivity contribution >= 4 is 52.6 Å². The number of hydrogen-bond acceptors (Lipinski definition) is 5. The number of anilines is 1. The van der Waals surface area contributed by atoms with E-state index in [2.05, 4.69) is 15.5 Å². The molecule has 1 amide bonds. The lowest BCUT2D eigenvalue weighted by atomic mass is 10.2. The van der Waals surface area contributed by atoms with Gasteiger partial charge in [-0.2, -0.15) is 5.10 Å². The van der Waals surface area contributed by atoms with Gasteiger partial charge in [0.25, 0.3) is 5.91 Å². The summed E-state index contributed by atoms with van der Waals surface area (Å²) in [6.07, 6.45) is 1.38. The van der Waals surface area contributed by atoms with Crippen LogP contribution < -0.4 is 11.2 Å². The summed E-state index contributed by atoms with van der Waals surface area (Å²) < 4.78 is 0. The number of phenols is 1. The van der Waals surface area contributed by atoms with Crippen molar-refractivity contribution in [3.8, 4) is 5.75 Å². The average molecular weight is 360 g/mol. The lowest BCUT2D eigenvalue weighted by Crippen LogP contribution is -2.20. The summed E-state index contributed by atoms with van der Waals surface area (Å²) in [5.41, 5.74) is 8.32. The van der Waals surface area contributed by atoms with E-state index < -0.39 is 5.91 Å². The number of phenolic OH excluding ortho intramolecular Hbond substituents is 1. The number of hydrazone groups is 1. The number of nitrogens with zero attached hydrogens (tertiary/aromatic N) is 2. The minimum absolute atomic E-state index is 0.0178. The number of nitrogens with two attached hydrogens (primary N) is 1. The first kappa shape index (κ1) is 16.4. The van der Waals surface area contributed by atoms with Crippen LogP contribution in [0.4, 0.5) is 5.69 Å². The number of amides is 1. The van der Waals surface area contributed by atoms with Gasteiger partial charge in [-0.3, -0.25) is 4.79 Å². The van der Waals surface area contributed by atoms with Gasteiger partial charge >= 0.3 is 0 Å². The summed E-state index contributed by atoms with van der Waals surface area (Å²) >= 11 is 17.4. The molecule has 22 heavy (non-hydrogen) atoms. The maximum absolute atomic E-state index is 12.0. The molecule has 4 N–H and O–H groups in total. The monoisotopic (exact) mass is 358 g/mol. The van der Waals surface area contributed by atoms with Gasteiger partial charge in [0.05, 0.1) is 16.9 Å². The third-order valence-corrected chi connectivity index (χ3v) is 3.70. The van der Waals surface area contributed by atoms with Crippen LogP contribution in [0.25, 0.3) is 0 Å². The molecule has 0 saturated carbocycles. The van der Waals surface area contributed by atoms with Gasteiger partial charge in [0, 0.05) is 0 Å². The molecule has 0 radical (unpaired) electrons. The Kier molecular flexibility index (Phi) is 5.07. The first-order chi connectivity index (χ1) is 10.4. The number of nitrogens with one attached hydrogen (secondary N) is 1. The van der Waals surface area contributed by atoms with E-state index in [-0.39, 0.29) is 32.3 Å². The third kappa shape index (κ3) is 3.59. The van der Waals surface area contributed by atoms with Gasteiger partial charge in [0.2, 0.25) is 0 Å². The molecule has 114 valence electrons. The normalized spacial score (nSPS) is 10.9. The van der Waals surface area contributed by atoms with E-state index in [1.54, 1.807) is 12.1 Å². The van der Waals surface area contributed by atoms with Gasteiger partial charge < -0.3 is 10.8 Å². The minimum Gasteiger partial charge on any atom is -0.508 e. The third-order valence-electron chi connectivity index (χ3n) is 2.56. The van der Waals surface area contributed by atoms with Crippen LogP contribution in [0.2, 0.25) is 15.2 Å². The SMILES string of the molecule is Nc1c(Cl)c(Cl)nc(C(=O)N/N=C/c2ccc(O)cc2)c1Cl. The first-order valence-corrected chi connectivity index (χ1v) is 6.96. The molecule has 6 nitrogen and oxygen atoms in total. The fourth-order valence-electron chi connectivity index (χ4n) is 1.46. The number of halogens is 3. The number of aromatic hydroxyl groups is 1. The van der Waals surface area contributed by atoms with Crippen molar-refractivity contribution in [3.05, 3.63) is 50.7 Å². The molecule has 0 aliphatic heterocycles. The lowest BCUT2D eigenvalue weighted by molar-refractivity contribution is 0.0950. The molecular formula is C13H9Cl3N4O2. The Hall–Kier alpha value is -2.02. The van der Waals surface area contributed by atoms with Crippen molar-refractivity contribution < 1.29 is 9.90 Å². The van der Waals surface area contributed by atoms with Gasteiger partial charge in [0.15, 0.2) is 10.8 Å². The van der Waals surface area contributed by atoms with Crippen molar-refractivity contribution in [1.29, 1.82) is 0 Å². The van der Waals surface area contributed by atoms with Crippen molar-refractivity contribution in [3.63, 3.8) is 0 Å². The highest BCUT2D eigenvalue weighted by molar-refractivity contribution is 6.46. The molecule has 2 rings (SSSR count). The van der Waals surface area contributed by atoms with Crippen molar-refractivity contribution in [1.82, 2.24) is 10.4 Å². The zero-order valence-corrected chi connectivity index (χ0v) is 13.1. The summed E-state index contributed by atoms with van der Waals surface area (Å²) in [5.74, 6) is -0.561. The largest absolute Gasteiger partial charge is 0.508 e. The van der Waals surface area contributed by atoms with Crippen LogP contribution in [0.3, 0.4) is 0 Å². The molecule has 0 saturated heterocycles. The summed E-state index contributed by atoms with van der Waals surface area (Å²) in [6, 6.07) is 6.21. The number of hydrogen-bond donors (Lipinski definition) is 3. The molecule has 9 heteroatoms. The van der Waals surface area contributed by atoms with Gasteiger partial charge in [0.1, 0.15) is 10.8 Å². The topological polar surface area (TPSA) is 101 Å². The predicted molar refractivity (Wildman–Crippen MR) is 86.8 cm³/mol. The molecule has 1 aromatic heterocycles. The van der Waals surface area contributed by atoms with E-state index in [0.717, 1.165) is 0 Å². The van der Waals surface area contributed by atoms with Gasteiger partial charge in [-0.25, -0.2) is 10.4 Å². The summed E-state index contributed by atoms with van der Waals surface area (Å²) in [6.45, 7) is 0. The van der Waals surface area contributed by atoms with Crippen LogP contribution in [0, 0.1) is 0 Å². The number of carbonyl (C=O) groups is 1. The number of rotatable bonds is 3. The average Bonchev–Trinajstić information content (AvgIpc) is 2.50. The molecule has 0 aliphatic carbocycles. The number of nitrogen functional groups attached to an aromatic ring is 1. The zero-order valence-electron chi connectivity index (χ0n) is 10.8. The van der Waals surface area contributed by atoms with Crippen LogP contribution in [0.5, 0.6) is 5.75 Å². The summed E-state index contributed by atoms with van der Waals surface area (Å²) in [4.78, 5) is 15.7. The van der Waals surface area contributed by atoms with E-state index in [4.69, 9.17) is 45.6 Å². The van der Waals surface area contributed by atoms with E-state index >= 15 is 0 Å². The second-order valence-corrected chi connectivity index (χ2v) is 5.20. The van der Waals surface area contributed by atoms with Crippen LogP contribution in [0.1, 0.15) is 16.1 Å². The fraction of sp³-hybridized carbons (Fsp3) is 0. The fourth-order valence-corrected chi connectivity index (χ4v) is 2.05. The Bertz CT molecular complexity index is 748. The van der Waals surface area contributed by atoms with Gasteiger partial charge in [-0.05, 0) is 29.8 Å². The van der Waals surface area contributed by atoms with E-state index in [1.165, 1.54) is 18.3 Å². The van der Waals surface area contributed by atoms with Crippen molar-refractivity contribution in [2.24, 2.45) is 5.10 Å². The molecule has 0 spiro atoms. The predicted octanol–water partition coefficient (Wildman–Crippen LogP) is 3.09. The first-order valence-electron chi connectivity index (χ1n) is 5.82. The number of aromatic nitrogens is 1. The number of carbonyl (C=O) groups excluding carboxylic acids is 1. The molecule has 0 atom stereocenters.